The Morgan fingerprint density at radius 3 is 2.49 bits per heavy atom. The van der Waals surface area contributed by atoms with E-state index in [0.717, 1.165) is 37.3 Å². The summed E-state index contributed by atoms with van der Waals surface area (Å²) in [5, 5.41) is 4.78. The molecule has 0 saturated carbocycles. The van der Waals surface area contributed by atoms with E-state index < -0.39 is 10.0 Å². The molecule has 4 aromatic rings. The lowest BCUT2D eigenvalue weighted by Crippen LogP contribution is -2.44. The Morgan fingerprint density at radius 1 is 1.00 bits per heavy atom. The highest BCUT2D eigenvalue weighted by Gasteiger charge is 2.15. The predicted molar refractivity (Wildman–Crippen MR) is 149 cm³/mol. The third-order valence-electron chi connectivity index (χ3n) is 6.26. The minimum absolute atomic E-state index is 0.326. The van der Waals surface area contributed by atoms with Crippen molar-refractivity contribution < 1.29 is 8.42 Å². The van der Waals surface area contributed by atoms with Gasteiger partial charge >= 0.3 is 0 Å². The SMILES string of the molecule is C=CS(=O)(=O)Nc1ccnc(-c2cccc3c(N)nc(Nc4ccc(N5CCN(C)CC5)cc4)nc23)c1. The summed E-state index contributed by atoms with van der Waals surface area (Å²) in [7, 11) is -1.51. The van der Waals surface area contributed by atoms with E-state index in [1.54, 1.807) is 12.1 Å². The molecule has 0 radical (unpaired) electrons. The van der Waals surface area contributed by atoms with Crippen LogP contribution >= 0.6 is 0 Å². The maximum atomic E-state index is 11.9. The molecular weight excluding hydrogens is 488 g/mol. The average molecular weight is 517 g/mol. The van der Waals surface area contributed by atoms with Crippen LogP contribution in [0.25, 0.3) is 22.2 Å². The Hall–Kier alpha value is -4.22. The van der Waals surface area contributed by atoms with Gasteiger partial charge in [-0.15, -0.1) is 0 Å². The van der Waals surface area contributed by atoms with E-state index >= 15 is 0 Å². The second kappa shape index (κ2) is 10.0. The highest BCUT2D eigenvalue weighted by Crippen LogP contribution is 2.31. The Kier molecular flexibility index (Phi) is 6.64. The molecule has 1 aliphatic rings. The molecule has 1 saturated heterocycles. The van der Waals surface area contributed by atoms with E-state index in [9.17, 15) is 8.42 Å². The number of pyridine rings is 1. The number of sulfonamides is 1. The third-order valence-corrected chi connectivity index (χ3v) is 7.22. The highest BCUT2D eigenvalue weighted by molar-refractivity contribution is 7.95. The van der Waals surface area contributed by atoms with E-state index in [1.165, 1.54) is 11.9 Å². The number of nitrogens with two attached hydrogens (primary N) is 1. The number of para-hydroxylation sites is 1. The molecule has 0 amide bonds. The first-order valence-corrected chi connectivity index (χ1v) is 13.3. The molecule has 1 fully saturated rings. The lowest BCUT2D eigenvalue weighted by molar-refractivity contribution is 0.313. The molecule has 0 spiro atoms. The predicted octanol–water partition coefficient (Wildman–Crippen LogP) is 3.65. The monoisotopic (exact) mass is 516 g/mol. The van der Waals surface area contributed by atoms with Crippen LogP contribution in [0, 0.1) is 0 Å². The molecule has 3 heterocycles. The molecule has 4 N–H and O–H groups in total. The molecule has 0 bridgehead atoms. The Morgan fingerprint density at radius 2 is 1.76 bits per heavy atom. The number of nitrogens with one attached hydrogen (secondary N) is 2. The number of aromatic nitrogens is 3. The second-order valence-corrected chi connectivity index (χ2v) is 10.5. The number of piperazine rings is 1. The molecule has 37 heavy (non-hydrogen) atoms. The van der Waals surface area contributed by atoms with E-state index in [0.29, 0.717) is 39.6 Å². The van der Waals surface area contributed by atoms with Gasteiger partial charge in [-0.1, -0.05) is 18.7 Å². The molecule has 5 rings (SSSR count). The summed E-state index contributed by atoms with van der Waals surface area (Å²) in [6.07, 6.45) is 1.53. The second-order valence-electron chi connectivity index (χ2n) is 8.84. The Labute approximate surface area is 215 Å². The molecule has 1 aliphatic heterocycles. The van der Waals surface area contributed by atoms with Crippen molar-refractivity contribution in [3.63, 3.8) is 0 Å². The fourth-order valence-electron chi connectivity index (χ4n) is 4.24. The third kappa shape index (κ3) is 5.47. The quantitative estimate of drug-likeness (QED) is 0.337. The maximum absolute atomic E-state index is 11.9. The molecule has 2 aromatic carbocycles. The zero-order chi connectivity index (χ0) is 26.0. The number of hydrogen-bond donors (Lipinski definition) is 3. The van der Waals surface area contributed by atoms with Crippen molar-refractivity contribution in [3.8, 4) is 11.3 Å². The summed E-state index contributed by atoms with van der Waals surface area (Å²) in [5.41, 5.74) is 10.5. The van der Waals surface area contributed by atoms with E-state index in [1.807, 2.05) is 30.3 Å². The zero-order valence-electron chi connectivity index (χ0n) is 20.4. The van der Waals surface area contributed by atoms with E-state index in [2.05, 4.69) is 55.6 Å². The van der Waals surface area contributed by atoms with Gasteiger partial charge in [-0.3, -0.25) is 9.71 Å². The lowest BCUT2D eigenvalue weighted by Gasteiger charge is -2.34. The van der Waals surface area contributed by atoms with Gasteiger partial charge in [0.1, 0.15) is 5.82 Å². The minimum Gasteiger partial charge on any atom is -0.383 e. The number of nitrogen functional groups attached to an aromatic ring is 1. The van der Waals surface area contributed by atoms with Gasteiger partial charge < -0.3 is 20.9 Å². The number of benzene rings is 2. The first-order chi connectivity index (χ1) is 17.8. The van der Waals surface area contributed by atoms with Crippen molar-refractivity contribution in [1.82, 2.24) is 19.9 Å². The normalized spacial score (nSPS) is 14.5. The molecule has 0 aliphatic carbocycles. The van der Waals surface area contributed by atoms with Gasteiger partial charge in [-0.05, 0) is 49.5 Å². The van der Waals surface area contributed by atoms with Crippen LogP contribution in [0.3, 0.4) is 0 Å². The van der Waals surface area contributed by atoms with Gasteiger partial charge in [0.25, 0.3) is 10.0 Å². The summed E-state index contributed by atoms with van der Waals surface area (Å²) in [6.45, 7) is 7.42. The summed E-state index contributed by atoms with van der Waals surface area (Å²) < 4.78 is 26.3. The number of hydrogen-bond acceptors (Lipinski definition) is 9. The van der Waals surface area contributed by atoms with Crippen LogP contribution < -0.4 is 20.7 Å². The van der Waals surface area contributed by atoms with Crippen molar-refractivity contribution in [2.24, 2.45) is 0 Å². The van der Waals surface area contributed by atoms with Crippen LogP contribution in [0.2, 0.25) is 0 Å². The molecule has 190 valence electrons. The number of anilines is 5. The first-order valence-electron chi connectivity index (χ1n) is 11.8. The van der Waals surface area contributed by atoms with Crippen molar-refractivity contribution in [3.05, 3.63) is 72.8 Å². The van der Waals surface area contributed by atoms with Crippen LogP contribution in [0.15, 0.2) is 72.8 Å². The van der Waals surface area contributed by atoms with Crippen LogP contribution in [0.4, 0.5) is 28.8 Å². The fourth-order valence-corrected chi connectivity index (χ4v) is 4.77. The number of nitrogens with zero attached hydrogens (tertiary/aromatic N) is 5. The van der Waals surface area contributed by atoms with E-state index in [-0.39, 0.29) is 0 Å². The summed E-state index contributed by atoms with van der Waals surface area (Å²) in [5.74, 6) is 0.681. The number of rotatable bonds is 7. The molecule has 0 atom stereocenters. The van der Waals surface area contributed by atoms with Gasteiger partial charge in [0.2, 0.25) is 5.95 Å². The summed E-state index contributed by atoms with van der Waals surface area (Å²) in [4.78, 5) is 18.3. The first kappa shape index (κ1) is 24.5. The minimum atomic E-state index is -3.65. The van der Waals surface area contributed by atoms with Crippen LogP contribution in [-0.2, 0) is 10.0 Å². The topological polar surface area (TPSA) is 129 Å². The zero-order valence-corrected chi connectivity index (χ0v) is 21.2. The maximum Gasteiger partial charge on any atom is 0.254 e. The van der Waals surface area contributed by atoms with Gasteiger partial charge in [0, 0.05) is 60.1 Å². The van der Waals surface area contributed by atoms with Crippen molar-refractivity contribution in [1.29, 1.82) is 0 Å². The standard InChI is InChI=1S/C26H28N8O2S/c1-3-37(35,36)32-19-11-12-28-23(17-19)21-5-4-6-22-24(21)30-26(31-25(22)27)29-18-7-9-20(10-8-18)34-15-13-33(2)14-16-34/h3-12,17H,1,13-16H2,2H3,(H,28,32)(H3,27,29,30,31). The largest absolute Gasteiger partial charge is 0.383 e. The number of likely N-dealkylation sites (N-methyl/N-ethyl adjacent to an activating group) is 1. The molecule has 0 unspecified atom stereocenters. The molecule has 11 heteroatoms. The van der Waals surface area contributed by atoms with Gasteiger partial charge in [-0.25, -0.2) is 13.4 Å². The fraction of sp³-hybridized carbons (Fsp3) is 0.192. The van der Waals surface area contributed by atoms with Crippen molar-refractivity contribution >= 4 is 49.8 Å². The lowest BCUT2D eigenvalue weighted by atomic mass is 10.1. The van der Waals surface area contributed by atoms with Gasteiger partial charge in [0.15, 0.2) is 0 Å². The van der Waals surface area contributed by atoms with Crippen LogP contribution in [0.5, 0.6) is 0 Å². The smallest absolute Gasteiger partial charge is 0.254 e. The van der Waals surface area contributed by atoms with Crippen molar-refractivity contribution in [2.75, 3.05) is 53.9 Å². The summed E-state index contributed by atoms with van der Waals surface area (Å²) in [6, 6.07) is 16.9. The van der Waals surface area contributed by atoms with Crippen molar-refractivity contribution in [2.45, 2.75) is 0 Å². The van der Waals surface area contributed by atoms with Gasteiger partial charge in [-0.2, -0.15) is 4.98 Å². The average Bonchev–Trinajstić information content (AvgIpc) is 2.89. The van der Waals surface area contributed by atoms with Gasteiger partial charge in [0.05, 0.1) is 16.9 Å². The van der Waals surface area contributed by atoms with Crippen LogP contribution in [0.1, 0.15) is 0 Å². The number of fused-ring (bicyclic) bond motifs is 1. The summed E-state index contributed by atoms with van der Waals surface area (Å²) >= 11 is 0. The Balaban J connectivity index is 1.44. The van der Waals surface area contributed by atoms with E-state index in [4.69, 9.17) is 10.7 Å². The molecule has 2 aromatic heterocycles. The van der Waals surface area contributed by atoms with Crippen LogP contribution in [-0.4, -0.2) is 61.5 Å². The highest BCUT2D eigenvalue weighted by atomic mass is 32.2. The molecule has 10 nitrogen and oxygen atoms in total. The Bertz CT molecular complexity index is 1550. The molecular formula is C26H28N8O2S.